The van der Waals surface area contributed by atoms with Crippen molar-refractivity contribution in [2.75, 3.05) is 7.11 Å². The van der Waals surface area contributed by atoms with Crippen LogP contribution in [0.5, 0.6) is 5.75 Å². The van der Waals surface area contributed by atoms with Gasteiger partial charge in [0.25, 0.3) is 0 Å². The molecule has 0 saturated heterocycles. The molecule has 0 fully saturated rings. The second-order valence-corrected chi connectivity index (χ2v) is 4.86. The maximum atomic E-state index is 10.3. The maximum Gasteiger partial charge on any atom is 0.163 e. The van der Waals surface area contributed by atoms with Gasteiger partial charge in [-0.3, -0.25) is 4.68 Å². The summed E-state index contributed by atoms with van der Waals surface area (Å²) in [6.45, 7) is 2.64. The summed E-state index contributed by atoms with van der Waals surface area (Å²) in [7, 11) is 1.56. The second-order valence-electron chi connectivity index (χ2n) is 3.48. The Kier molecular flexibility index (Phi) is 3.71. The molecule has 0 saturated carbocycles. The summed E-state index contributed by atoms with van der Waals surface area (Å²) in [5.74, 6) is 0.587. The summed E-state index contributed by atoms with van der Waals surface area (Å²) in [5, 5.41) is 16.9. The first-order valence-electron chi connectivity index (χ1n) is 5.19. The number of nitrogens with zero attached hydrogens (tertiary/aromatic N) is 2. The number of aliphatic hydroxyl groups is 1. The van der Waals surface area contributed by atoms with Crippen molar-refractivity contribution in [2.24, 2.45) is 0 Å². The Hall–Kier alpha value is -1.04. The van der Waals surface area contributed by atoms with Crippen molar-refractivity contribution in [3.05, 3.63) is 33.2 Å². The van der Waals surface area contributed by atoms with E-state index >= 15 is 0 Å². The zero-order valence-corrected chi connectivity index (χ0v) is 11.1. The first kappa shape index (κ1) is 12.4. The third kappa shape index (κ3) is 2.31. The number of rotatable bonds is 4. The largest absolute Gasteiger partial charge is 0.493 e. The molecule has 0 spiro atoms. The number of aryl methyl sites for hydroxylation is 1. The molecule has 0 radical (unpaired) electrons. The standard InChI is InChI=1S/C11H13ClN2O2S/c1-3-14-10(8(16-2)5-13-14)11(15)9-4-7(12)6-17-9/h4-6,11,15H,3H2,1-2H3. The summed E-state index contributed by atoms with van der Waals surface area (Å²) < 4.78 is 6.92. The van der Waals surface area contributed by atoms with Gasteiger partial charge in [-0.2, -0.15) is 5.10 Å². The van der Waals surface area contributed by atoms with Gasteiger partial charge in [0.05, 0.1) is 18.3 Å². The van der Waals surface area contributed by atoms with Crippen LogP contribution in [0.1, 0.15) is 23.6 Å². The lowest BCUT2D eigenvalue weighted by Crippen LogP contribution is -2.09. The highest BCUT2D eigenvalue weighted by Crippen LogP contribution is 2.34. The molecule has 0 aromatic carbocycles. The Morgan fingerprint density at radius 2 is 2.41 bits per heavy atom. The topological polar surface area (TPSA) is 47.3 Å². The highest BCUT2D eigenvalue weighted by molar-refractivity contribution is 7.10. The van der Waals surface area contributed by atoms with Crippen molar-refractivity contribution >= 4 is 22.9 Å². The third-order valence-corrected chi connectivity index (χ3v) is 3.81. The van der Waals surface area contributed by atoms with Gasteiger partial charge in [-0.15, -0.1) is 11.3 Å². The fraction of sp³-hybridized carbons (Fsp3) is 0.364. The molecule has 2 aromatic heterocycles. The molecule has 92 valence electrons. The van der Waals surface area contributed by atoms with Gasteiger partial charge in [0.15, 0.2) is 5.75 Å². The molecule has 0 amide bonds. The van der Waals surface area contributed by atoms with Crippen LogP contribution in [0.3, 0.4) is 0 Å². The molecule has 1 unspecified atom stereocenters. The fourth-order valence-electron chi connectivity index (χ4n) is 1.67. The lowest BCUT2D eigenvalue weighted by atomic mass is 10.2. The first-order valence-corrected chi connectivity index (χ1v) is 6.44. The number of methoxy groups -OCH3 is 1. The van der Waals surface area contributed by atoms with Gasteiger partial charge in [0, 0.05) is 16.8 Å². The minimum atomic E-state index is -0.759. The molecule has 1 N–H and O–H groups in total. The third-order valence-electron chi connectivity index (χ3n) is 2.48. The van der Waals surface area contributed by atoms with E-state index in [0.717, 1.165) is 4.88 Å². The van der Waals surface area contributed by atoms with Crippen molar-refractivity contribution < 1.29 is 9.84 Å². The van der Waals surface area contributed by atoms with E-state index in [1.165, 1.54) is 11.3 Å². The van der Waals surface area contributed by atoms with Crippen molar-refractivity contribution in [3.8, 4) is 5.75 Å². The Morgan fingerprint density at radius 3 is 2.94 bits per heavy atom. The second kappa shape index (κ2) is 5.08. The maximum absolute atomic E-state index is 10.3. The van der Waals surface area contributed by atoms with Gasteiger partial charge in [-0.1, -0.05) is 11.6 Å². The molecule has 0 aliphatic rings. The minimum absolute atomic E-state index is 0.587. The summed E-state index contributed by atoms with van der Waals surface area (Å²) >= 11 is 7.27. The Balaban J connectivity index is 2.41. The molecule has 17 heavy (non-hydrogen) atoms. The van der Waals surface area contributed by atoms with E-state index < -0.39 is 6.10 Å². The quantitative estimate of drug-likeness (QED) is 0.931. The van der Waals surface area contributed by atoms with Crippen LogP contribution in [0.15, 0.2) is 17.6 Å². The van der Waals surface area contributed by atoms with Crippen LogP contribution < -0.4 is 4.74 Å². The predicted octanol–water partition coefficient (Wildman–Crippen LogP) is 2.71. The zero-order chi connectivity index (χ0) is 12.4. The highest BCUT2D eigenvalue weighted by atomic mass is 35.5. The average Bonchev–Trinajstić information content (AvgIpc) is 2.93. The van der Waals surface area contributed by atoms with Crippen LogP contribution in [-0.4, -0.2) is 22.0 Å². The SMILES string of the molecule is CCn1ncc(OC)c1C(O)c1cc(Cl)cs1. The Labute approximate surface area is 108 Å². The number of aromatic nitrogens is 2. The monoisotopic (exact) mass is 272 g/mol. The number of aliphatic hydroxyl groups excluding tert-OH is 1. The van der Waals surface area contributed by atoms with E-state index in [9.17, 15) is 5.11 Å². The molecule has 2 heterocycles. The molecular formula is C11H13ClN2O2S. The van der Waals surface area contributed by atoms with Gasteiger partial charge in [-0.05, 0) is 13.0 Å². The molecule has 4 nitrogen and oxygen atoms in total. The summed E-state index contributed by atoms with van der Waals surface area (Å²) in [6.07, 6.45) is 0.849. The summed E-state index contributed by atoms with van der Waals surface area (Å²) in [6, 6.07) is 1.75. The van der Waals surface area contributed by atoms with Crippen LogP contribution in [0, 0.1) is 0 Å². The van der Waals surface area contributed by atoms with Crippen molar-refractivity contribution in [1.82, 2.24) is 9.78 Å². The van der Waals surface area contributed by atoms with E-state index in [2.05, 4.69) is 5.10 Å². The molecule has 6 heteroatoms. The zero-order valence-electron chi connectivity index (χ0n) is 9.55. The normalized spacial score (nSPS) is 12.7. The number of hydrogen-bond donors (Lipinski definition) is 1. The Bertz CT molecular complexity index is 488. The number of hydrogen-bond acceptors (Lipinski definition) is 4. The van der Waals surface area contributed by atoms with E-state index in [4.69, 9.17) is 16.3 Å². The molecule has 2 aromatic rings. The van der Waals surface area contributed by atoms with Crippen molar-refractivity contribution in [3.63, 3.8) is 0 Å². The van der Waals surface area contributed by atoms with Crippen molar-refractivity contribution in [2.45, 2.75) is 19.6 Å². The summed E-state index contributed by atoms with van der Waals surface area (Å²) in [4.78, 5) is 0.781. The van der Waals surface area contributed by atoms with Crippen LogP contribution in [0.4, 0.5) is 0 Å². The molecule has 0 aliphatic heterocycles. The van der Waals surface area contributed by atoms with Crippen LogP contribution >= 0.6 is 22.9 Å². The van der Waals surface area contributed by atoms with Crippen LogP contribution in [-0.2, 0) is 6.54 Å². The number of thiophene rings is 1. The predicted molar refractivity (Wildman–Crippen MR) is 67.8 cm³/mol. The van der Waals surface area contributed by atoms with E-state index in [-0.39, 0.29) is 0 Å². The molecular weight excluding hydrogens is 260 g/mol. The lowest BCUT2D eigenvalue weighted by molar-refractivity contribution is 0.206. The highest BCUT2D eigenvalue weighted by Gasteiger charge is 2.22. The van der Waals surface area contributed by atoms with Gasteiger partial charge in [0.2, 0.25) is 0 Å². The van der Waals surface area contributed by atoms with Crippen molar-refractivity contribution in [1.29, 1.82) is 0 Å². The smallest absolute Gasteiger partial charge is 0.163 e. The lowest BCUT2D eigenvalue weighted by Gasteiger charge is -2.12. The van der Waals surface area contributed by atoms with Gasteiger partial charge < -0.3 is 9.84 Å². The average molecular weight is 273 g/mol. The molecule has 0 aliphatic carbocycles. The minimum Gasteiger partial charge on any atom is -0.493 e. The van der Waals surface area contributed by atoms with Crippen LogP contribution in [0.25, 0.3) is 0 Å². The molecule has 1 atom stereocenters. The molecule has 0 bridgehead atoms. The first-order chi connectivity index (χ1) is 8.17. The fourth-order valence-corrected chi connectivity index (χ4v) is 2.74. The van der Waals surface area contributed by atoms with E-state index in [0.29, 0.717) is 23.0 Å². The van der Waals surface area contributed by atoms with E-state index in [1.807, 2.05) is 6.92 Å². The van der Waals surface area contributed by atoms with Gasteiger partial charge >= 0.3 is 0 Å². The summed E-state index contributed by atoms with van der Waals surface area (Å²) in [5.41, 5.74) is 0.661. The Morgan fingerprint density at radius 1 is 1.65 bits per heavy atom. The number of halogens is 1. The van der Waals surface area contributed by atoms with Gasteiger partial charge in [0.1, 0.15) is 11.8 Å². The van der Waals surface area contributed by atoms with Gasteiger partial charge in [-0.25, -0.2) is 0 Å². The van der Waals surface area contributed by atoms with E-state index in [1.54, 1.807) is 29.4 Å². The molecule has 2 rings (SSSR count). The number of ether oxygens (including phenoxy) is 1. The van der Waals surface area contributed by atoms with Crippen LogP contribution in [0.2, 0.25) is 5.02 Å².